The van der Waals surface area contributed by atoms with Gasteiger partial charge in [-0.05, 0) is 36.6 Å². The van der Waals surface area contributed by atoms with Crippen molar-refractivity contribution >= 4 is 11.3 Å². The standard InChI is InChI=1S/C14H15N3O2/c1-4-12-13(14(9(2)3)16-15-12)10-5-7-11(8-6-10)17(18)19/h5-8H,2,4H2,1,3H3,(H,15,16). The van der Waals surface area contributed by atoms with Gasteiger partial charge in [-0.1, -0.05) is 13.5 Å². The molecule has 0 aliphatic carbocycles. The Bertz CT molecular complexity index is 627. The first-order valence-corrected chi connectivity index (χ1v) is 6.02. The summed E-state index contributed by atoms with van der Waals surface area (Å²) in [5, 5.41) is 17.9. The van der Waals surface area contributed by atoms with Crippen LogP contribution in [0.1, 0.15) is 25.2 Å². The Morgan fingerprint density at radius 1 is 1.42 bits per heavy atom. The fourth-order valence-corrected chi connectivity index (χ4v) is 2.00. The molecular weight excluding hydrogens is 242 g/mol. The van der Waals surface area contributed by atoms with Crippen LogP contribution in [0.15, 0.2) is 30.8 Å². The molecule has 2 aromatic rings. The molecule has 5 heteroatoms. The molecule has 0 bridgehead atoms. The minimum atomic E-state index is -0.403. The molecule has 98 valence electrons. The Labute approximate surface area is 111 Å². The molecule has 0 aliphatic rings. The van der Waals surface area contributed by atoms with Gasteiger partial charge in [-0.15, -0.1) is 0 Å². The van der Waals surface area contributed by atoms with Crippen LogP contribution in [0.2, 0.25) is 0 Å². The molecule has 0 saturated carbocycles. The number of non-ortho nitro benzene ring substituents is 1. The van der Waals surface area contributed by atoms with E-state index in [1.807, 2.05) is 13.8 Å². The van der Waals surface area contributed by atoms with E-state index in [1.165, 1.54) is 12.1 Å². The highest BCUT2D eigenvalue weighted by Gasteiger charge is 2.15. The van der Waals surface area contributed by atoms with Crippen molar-refractivity contribution in [2.45, 2.75) is 20.3 Å². The minimum Gasteiger partial charge on any atom is -0.281 e. The summed E-state index contributed by atoms with van der Waals surface area (Å²) in [5.41, 5.74) is 4.66. The fraction of sp³-hybridized carbons (Fsp3) is 0.214. The Morgan fingerprint density at radius 2 is 2.05 bits per heavy atom. The molecule has 0 atom stereocenters. The number of rotatable bonds is 4. The van der Waals surface area contributed by atoms with E-state index < -0.39 is 4.92 Å². The van der Waals surface area contributed by atoms with Gasteiger partial charge in [-0.3, -0.25) is 15.2 Å². The number of aromatic amines is 1. The summed E-state index contributed by atoms with van der Waals surface area (Å²) in [6, 6.07) is 6.50. The highest BCUT2D eigenvalue weighted by atomic mass is 16.6. The van der Waals surface area contributed by atoms with Gasteiger partial charge in [0.15, 0.2) is 0 Å². The number of H-pyrrole nitrogens is 1. The third kappa shape index (κ3) is 2.40. The monoisotopic (exact) mass is 257 g/mol. The number of aromatic nitrogens is 2. The first kappa shape index (κ1) is 13.0. The van der Waals surface area contributed by atoms with E-state index in [-0.39, 0.29) is 5.69 Å². The number of nitrogens with zero attached hydrogens (tertiary/aromatic N) is 2. The summed E-state index contributed by atoms with van der Waals surface area (Å²) in [7, 11) is 0. The van der Waals surface area contributed by atoms with E-state index in [0.717, 1.165) is 34.5 Å². The van der Waals surface area contributed by atoms with Gasteiger partial charge in [0.25, 0.3) is 5.69 Å². The number of allylic oxidation sites excluding steroid dienone is 1. The lowest BCUT2D eigenvalue weighted by atomic mass is 9.99. The number of nitrogens with one attached hydrogen (secondary N) is 1. The fourth-order valence-electron chi connectivity index (χ4n) is 2.00. The molecule has 5 nitrogen and oxygen atoms in total. The molecule has 1 N–H and O–H groups in total. The van der Waals surface area contributed by atoms with Crippen LogP contribution in [0.25, 0.3) is 16.7 Å². The quantitative estimate of drug-likeness (QED) is 0.672. The van der Waals surface area contributed by atoms with E-state index in [1.54, 1.807) is 12.1 Å². The van der Waals surface area contributed by atoms with E-state index in [0.29, 0.717) is 0 Å². The second kappa shape index (κ2) is 5.06. The van der Waals surface area contributed by atoms with Crippen LogP contribution < -0.4 is 0 Å². The summed E-state index contributed by atoms with van der Waals surface area (Å²) in [6.07, 6.45) is 0.812. The Morgan fingerprint density at radius 3 is 2.53 bits per heavy atom. The van der Waals surface area contributed by atoms with E-state index in [2.05, 4.69) is 16.8 Å². The molecule has 0 unspecified atom stereocenters. The summed E-state index contributed by atoms with van der Waals surface area (Å²) in [5.74, 6) is 0. The SMILES string of the molecule is C=C(C)c1n[nH]c(CC)c1-c1ccc([N+](=O)[O-])cc1. The number of nitro benzene ring substituents is 1. The van der Waals surface area contributed by atoms with Crippen molar-refractivity contribution in [3.05, 3.63) is 52.3 Å². The zero-order valence-corrected chi connectivity index (χ0v) is 10.9. The smallest absolute Gasteiger partial charge is 0.269 e. The number of hydrogen-bond acceptors (Lipinski definition) is 3. The molecular formula is C14H15N3O2. The zero-order valence-electron chi connectivity index (χ0n) is 10.9. The van der Waals surface area contributed by atoms with Crippen molar-refractivity contribution in [3.8, 4) is 11.1 Å². The van der Waals surface area contributed by atoms with Crippen molar-refractivity contribution in [3.63, 3.8) is 0 Å². The number of hydrogen-bond donors (Lipinski definition) is 1. The van der Waals surface area contributed by atoms with Crippen LogP contribution >= 0.6 is 0 Å². The molecule has 0 saturated heterocycles. The van der Waals surface area contributed by atoms with Crippen LogP contribution in [0.5, 0.6) is 0 Å². The summed E-state index contributed by atoms with van der Waals surface area (Å²) in [6.45, 7) is 7.84. The molecule has 0 radical (unpaired) electrons. The maximum absolute atomic E-state index is 10.7. The third-order valence-electron chi connectivity index (χ3n) is 2.97. The van der Waals surface area contributed by atoms with Crippen LogP contribution in [0, 0.1) is 10.1 Å². The zero-order chi connectivity index (χ0) is 14.0. The maximum atomic E-state index is 10.7. The predicted molar refractivity (Wildman–Crippen MR) is 74.8 cm³/mol. The lowest BCUT2D eigenvalue weighted by molar-refractivity contribution is -0.384. The van der Waals surface area contributed by atoms with Crippen molar-refractivity contribution in [2.75, 3.05) is 0 Å². The number of benzene rings is 1. The van der Waals surface area contributed by atoms with Gasteiger partial charge in [0, 0.05) is 23.4 Å². The maximum Gasteiger partial charge on any atom is 0.269 e. The van der Waals surface area contributed by atoms with Gasteiger partial charge >= 0.3 is 0 Å². The summed E-state index contributed by atoms with van der Waals surface area (Å²) < 4.78 is 0. The van der Waals surface area contributed by atoms with Gasteiger partial charge in [-0.2, -0.15) is 5.10 Å². The molecule has 2 rings (SSSR count). The first-order valence-electron chi connectivity index (χ1n) is 6.02. The van der Waals surface area contributed by atoms with Crippen LogP contribution in [-0.2, 0) is 6.42 Å². The summed E-state index contributed by atoms with van der Waals surface area (Å²) >= 11 is 0. The molecule has 1 aromatic carbocycles. The van der Waals surface area contributed by atoms with Crippen molar-refractivity contribution in [1.29, 1.82) is 0 Å². The predicted octanol–water partition coefficient (Wildman–Crippen LogP) is 3.58. The molecule has 0 fully saturated rings. The van der Waals surface area contributed by atoms with Gasteiger partial charge in [0.1, 0.15) is 0 Å². The lowest BCUT2D eigenvalue weighted by Gasteiger charge is -2.04. The molecule has 0 spiro atoms. The first-order chi connectivity index (χ1) is 9.04. The third-order valence-corrected chi connectivity index (χ3v) is 2.97. The summed E-state index contributed by atoms with van der Waals surface area (Å²) in [4.78, 5) is 10.3. The minimum absolute atomic E-state index is 0.0853. The van der Waals surface area contributed by atoms with E-state index >= 15 is 0 Å². The van der Waals surface area contributed by atoms with Crippen molar-refractivity contribution < 1.29 is 4.92 Å². The average molecular weight is 257 g/mol. The highest BCUT2D eigenvalue weighted by Crippen LogP contribution is 2.31. The molecule has 0 amide bonds. The second-order valence-corrected chi connectivity index (χ2v) is 4.36. The molecule has 0 aliphatic heterocycles. The van der Waals surface area contributed by atoms with Gasteiger partial charge in [-0.25, -0.2) is 0 Å². The molecule has 19 heavy (non-hydrogen) atoms. The van der Waals surface area contributed by atoms with E-state index in [4.69, 9.17) is 0 Å². The topological polar surface area (TPSA) is 71.8 Å². The highest BCUT2D eigenvalue weighted by molar-refractivity contribution is 5.79. The molecule has 1 aromatic heterocycles. The Hall–Kier alpha value is -2.43. The second-order valence-electron chi connectivity index (χ2n) is 4.36. The Balaban J connectivity index is 2.54. The van der Waals surface area contributed by atoms with Crippen LogP contribution in [0.4, 0.5) is 5.69 Å². The van der Waals surface area contributed by atoms with Gasteiger partial charge < -0.3 is 0 Å². The Kier molecular flexibility index (Phi) is 3.46. The number of nitro groups is 1. The van der Waals surface area contributed by atoms with Crippen LogP contribution in [0.3, 0.4) is 0 Å². The molecule has 1 heterocycles. The lowest BCUT2D eigenvalue weighted by Crippen LogP contribution is -1.90. The van der Waals surface area contributed by atoms with Gasteiger partial charge in [0.2, 0.25) is 0 Å². The van der Waals surface area contributed by atoms with Crippen molar-refractivity contribution in [1.82, 2.24) is 10.2 Å². The largest absolute Gasteiger partial charge is 0.281 e. The number of aryl methyl sites for hydroxylation is 1. The normalized spacial score (nSPS) is 10.4. The van der Waals surface area contributed by atoms with Gasteiger partial charge in [0.05, 0.1) is 10.6 Å². The van der Waals surface area contributed by atoms with Crippen molar-refractivity contribution in [2.24, 2.45) is 0 Å². The van der Waals surface area contributed by atoms with Crippen LogP contribution in [-0.4, -0.2) is 15.1 Å². The van der Waals surface area contributed by atoms with E-state index in [9.17, 15) is 10.1 Å². The average Bonchev–Trinajstić information content (AvgIpc) is 2.82.